The number of thiazole rings is 1. The van der Waals surface area contributed by atoms with Crippen LogP contribution in [0.3, 0.4) is 0 Å². The van der Waals surface area contributed by atoms with Gasteiger partial charge >= 0.3 is 0 Å². The van der Waals surface area contributed by atoms with Gasteiger partial charge in [0.2, 0.25) is 0 Å². The Balaban J connectivity index is 1.86. The van der Waals surface area contributed by atoms with Gasteiger partial charge in [0.05, 0.1) is 17.8 Å². The second kappa shape index (κ2) is 5.23. The fourth-order valence-electron chi connectivity index (χ4n) is 1.84. The van der Waals surface area contributed by atoms with Crippen molar-refractivity contribution < 1.29 is 9.47 Å². The van der Waals surface area contributed by atoms with Crippen molar-refractivity contribution in [2.75, 3.05) is 26.9 Å². The monoisotopic (exact) mass is 242 g/mol. The Morgan fingerprint density at radius 1 is 1.75 bits per heavy atom. The second-order valence-electron chi connectivity index (χ2n) is 4.21. The van der Waals surface area contributed by atoms with E-state index in [1.165, 1.54) is 0 Å². The van der Waals surface area contributed by atoms with Crippen LogP contribution in [0.25, 0.3) is 0 Å². The maximum atomic E-state index is 5.56. The van der Waals surface area contributed by atoms with Crippen LogP contribution in [0.5, 0.6) is 0 Å². The zero-order valence-corrected chi connectivity index (χ0v) is 10.5. The third kappa shape index (κ3) is 2.60. The summed E-state index contributed by atoms with van der Waals surface area (Å²) in [7, 11) is 1.75. The molecule has 0 bridgehead atoms. The quantitative estimate of drug-likeness (QED) is 0.851. The van der Waals surface area contributed by atoms with Crippen LogP contribution in [0.2, 0.25) is 0 Å². The molecule has 0 aliphatic carbocycles. The molecule has 0 amide bonds. The standard InChI is InChI=1S/C11H18N2O2S/c1-9(10-5-16-8-13-10)12-6-11(14-2)3-4-15-7-11/h5,8-9,12H,3-4,6-7H2,1-2H3. The van der Waals surface area contributed by atoms with Gasteiger partial charge in [-0.25, -0.2) is 4.98 Å². The fourth-order valence-corrected chi connectivity index (χ4v) is 2.49. The van der Waals surface area contributed by atoms with E-state index in [0.717, 1.165) is 25.3 Å². The van der Waals surface area contributed by atoms with Crippen LogP contribution in [0.1, 0.15) is 25.1 Å². The summed E-state index contributed by atoms with van der Waals surface area (Å²) in [4.78, 5) is 4.29. The second-order valence-corrected chi connectivity index (χ2v) is 4.92. The molecule has 1 aromatic rings. The molecule has 0 saturated carbocycles. The lowest BCUT2D eigenvalue weighted by molar-refractivity contribution is -0.0172. The minimum absolute atomic E-state index is 0.149. The Kier molecular flexibility index (Phi) is 3.91. The minimum Gasteiger partial charge on any atom is -0.378 e. The van der Waals surface area contributed by atoms with E-state index in [1.54, 1.807) is 18.4 Å². The van der Waals surface area contributed by atoms with E-state index in [2.05, 4.69) is 22.6 Å². The molecule has 1 N–H and O–H groups in total. The summed E-state index contributed by atoms with van der Waals surface area (Å²) >= 11 is 1.62. The predicted molar refractivity (Wildman–Crippen MR) is 63.7 cm³/mol. The van der Waals surface area contributed by atoms with E-state index >= 15 is 0 Å². The van der Waals surface area contributed by atoms with E-state index in [4.69, 9.17) is 9.47 Å². The van der Waals surface area contributed by atoms with Crippen molar-refractivity contribution in [3.63, 3.8) is 0 Å². The molecule has 5 heteroatoms. The van der Waals surface area contributed by atoms with Gasteiger partial charge in [-0.3, -0.25) is 0 Å². The molecule has 2 unspecified atom stereocenters. The first-order chi connectivity index (χ1) is 7.76. The third-order valence-corrected chi connectivity index (χ3v) is 3.73. The molecule has 1 aromatic heterocycles. The lowest BCUT2D eigenvalue weighted by Crippen LogP contribution is -2.43. The molecular weight excluding hydrogens is 224 g/mol. The summed E-state index contributed by atoms with van der Waals surface area (Å²) in [6.45, 7) is 4.40. The van der Waals surface area contributed by atoms with Crippen LogP contribution in [-0.4, -0.2) is 37.5 Å². The molecule has 2 rings (SSSR count). The summed E-state index contributed by atoms with van der Waals surface area (Å²) in [6, 6.07) is 0.263. The molecule has 4 nitrogen and oxygen atoms in total. The van der Waals surface area contributed by atoms with E-state index in [-0.39, 0.29) is 11.6 Å². The van der Waals surface area contributed by atoms with Gasteiger partial charge in [0, 0.05) is 38.1 Å². The number of ether oxygens (including phenoxy) is 2. The van der Waals surface area contributed by atoms with Crippen molar-refractivity contribution in [1.82, 2.24) is 10.3 Å². The zero-order valence-electron chi connectivity index (χ0n) is 9.73. The highest BCUT2D eigenvalue weighted by molar-refractivity contribution is 7.07. The van der Waals surface area contributed by atoms with Crippen LogP contribution in [0.4, 0.5) is 0 Å². The summed E-state index contributed by atoms with van der Waals surface area (Å²) in [5.74, 6) is 0. The van der Waals surface area contributed by atoms with Crippen molar-refractivity contribution in [3.05, 3.63) is 16.6 Å². The van der Waals surface area contributed by atoms with Gasteiger partial charge in [-0.05, 0) is 6.92 Å². The molecule has 1 fully saturated rings. The van der Waals surface area contributed by atoms with Gasteiger partial charge < -0.3 is 14.8 Å². The summed E-state index contributed by atoms with van der Waals surface area (Å²) in [6.07, 6.45) is 0.959. The Morgan fingerprint density at radius 3 is 3.19 bits per heavy atom. The van der Waals surface area contributed by atoms with Crippen LogP contribution < -0.4 is 5.32 Å². The van der Waals surface area contributed by atoms with Gasteiger partial charge in [0.25, 0.3) is 0 Å². The van der Waals surface area contributed by atoms with Gasteiger partial charge in [-0.1, -0.05) is 0 Å². The topological polar surface area (TPSA) is 43.4 Å². The maximum absolute atomic E-state index is 5.56. The molecule has 90 valence electrons. The predicted octanol–water partition coefficient (Wildman–Crippen LogP) is 1.60. The van der Waals surface area contributed by atoms with Crippen molar-refractivity contribution in [2.24, 2.45) is 0 Å². The molecule has 1 saturated heterocycles. The minimum atomic E-state index is -0.149. The van der Waals surface area contributed by atoms with Crippen LogP contribution in [0.15, 0.2) is 10.9 Å². The van der Waals surface area contributed by atoms with E-state index < -0.39 is 0 Å². The first kappa shape index (κ1) is 12.0. The number of hydrogen-bond donors (Lipinski definition) is 1. The first-order valence-corrected chi connectivity index (χ1v) is 6.44. The van der Waals surface area contributed by atoms with Crippen molar-refractivity contribution in [3.8, 4) is 0 Å². The van der Waals surface area contributed by atoms with Crippen molar-refractivity contribution in [1.29, 1.82) is 0 Å². The molecule has 2 atom stereocenters. The molecule has 2 heterocycles. The van der Waals surface area contributed by atoms with E-state index in [9.17, 15) is 0 Å². The molecule has 0 aromatic carbocycles. The Hall–Kier alpha value is -0.490. The lowest BCUT2D eigenvalue weighted by Gasteiger charge is -2.27. The third-order valence-electron chi connectivity index (χ3n) is 3.13. The van der Waals surface area contributed by atoms with Crippen molar-refractivity contribution in [2.45, 2.75) is 25.0 Å². The van der Waals surface area contributed by atoms with Gasteiger partial charge in [0.1, 0.15) is 5.60 Å². The Morgan fingerprint density at radius 2 is 2.62 bits per heavy atom. The fraction of sp³-hybridized carbons (Fsp3) is 0.727. The summed E-state index contributed by atoms with van der Waals surface area (Å²) in [5, 5.41) is 5.53. The Bertz CT molecular complexity index is 310. The maximum Gasteiger partial charge on any atom is 0.106 e. The van der Waals surface area contributed by atoms with Gasteiger partial charge in [-0.15, -0.1) is 11.3 Å². The van der Waals surface area contributed by atoms with E-state index in [1.807, 2.05) is 5.51 Å². The molecule has 0 spiro atoms. The van der Waals surface area contributed by atoms with Gasteiger partial charge in [-0.2, -0.15) is 0 Å². The van der Waals surface area contributed by atoms with Gasteiger partial charge in [0.15, 0.2) is 0 Å². The van der Waals surface area contributed by atoms with Crippen molar-refractivity contribution >= 4 is 11.3 Å². The van der Waals surface area contributed by atoms with E-state index in [0.29, 0.717) is 6.61 Å². The number of aromatic nitrogens is 1. The number of methoxy groups -OCH3 is 1. The number of nitrogens with zero attached hydrogens (tertiary/aromatic N) is 1. The molecule has 1 aliphatic rings. The molecule has 1 aliphatic heterocycles. The van der Waals surface area contributed by atoms with Crippen LogP contribution >= 0.6 is 11.3 Å². The highest BCUT2D eigenvalue weighted by Crippen LogP contribution is 2.23. The highest BCUT2D eigenvalue weighted by Gasteiger charge is 2.35. The number of hydrogen-bond acceptors (Lipinski definition) is 5. The lowest BCUT2D eigenvalue weighted by atomic mass is 10.0. The summed E-state index contributed by atoms with van der Waals surface area (Å²) in [5.41, 5.74) is 2.80. The van der Waals surface area contributed by atoms with Crippen LogP contribution in [0, 0.1) is 0 Å². The zero-order chi connectivity index (χ0) is 11.4. The summed E-state index contributed by atoms with van der Waals surface area (Å²) < 4.78 is 11.0. The first-order valence-electron chi connectivity index (χ1n) is 5.50. The average molecular weight is 242 g/mol. The highest BCUT2D eigenvalue weighted by atomic mass is 32.1. The molecular formula is C11H18N2O2S. The Labute approximate surface area is 100.0 Å². The SMILES string of the molecule is COC1(CNC(C)c2cscn2)CCOC1. The smallest absolute Gasteiger partial charge is 0.106 e. The number of nitrogens with one attached hydrogen (secondary N) is 1. The number of rotatable bonds is 5. The normalized spacial score (nSPS) is 27.1. The molecule has 16 heavy (non-hydrogen) atoms. The van der Waals surface area contributed by atoms with Crippen LogP contribution in [-0.2, 0) is 9.47 Å². The average Bonchev–Trinajstić information content (AvgIpc) is 2.98. The largest absolute Gasteiger partial charge is 0.378 e. The molecule has 0 radical (unpaired) electrons.